The van der Waals surface area contributed by atoms with E-state index in [2.05, 4.69) is 30.3 Å². The molecule has 33 heavy (non-hydrogen) atoms. The van der Waals surface area contributed by atoms with Crippen molar-refractivity contribution in [1.29, 1.82) is 0 Å². The van der Waals surface area contributed by atoms with Crippen LogP contribution in [0.2, 0.25) is 0 Å². The highest BCUT2D eigenvalue weighted by molar-refractivity contribution is 5.98. The SMILES string of the molecule is O=C(NCc1ccc(F)cc1)c1cnc(NCCOC(F)F)nc1/N=C\C1CCC(O)CC1. The van der Waals surface area contributed by atoms with Gasteiger partial charge in [-0.25, -0.2) is 14.4 Å². The van der Waals surface area contributed by atoms with Crippen LogP contribution in [0.5, 0.6) is 0 Å². The Balaban J connectivity index is 1.70. The van der Waals surface area contributed by atoms with Gasteiger partial charge in [0.05, 0.1) is 12.7 Å². The number of carbonyl (C=O) groups is 1. The molecule has 0 bridgehead atoms. The molecule has 0 radical (unpaired) electrons. The van der Waals surface area contributed by atoms with E-state index in [1.165, 1.54) is 18.3 Å². The Labute approximate surface area is 189 Å². The molecule has 3 N–H and O–H groups in total. The second-order valence-electron chi connectivity index (χ2n) is 7.65. The number of nitrogens with zero attached hydrogens (tertiary/aromatic N) is 3. The Morgan fingerprint density at radius 2 is 1.97 bits per heavy atom. The van der Waals surface area contributed by atoms with E-state index in [1.54, 1.807) is 18.3 Å². The van der Waals surface area contributed by atoms with Crippen LogP contribution < -0.4 is 10.6 Å². The van der Waals surface area contributed by atoms with Crippen LogP contribution >= 0.6 is 0 Å². The number of ether oxygens (including phenoxy) is 1. The van der Waals surface area contributed by atoms with E-state index in [-0.39, 0.29) is 54.9 Å². The molecule has 0 saturated heterocycles. The van der Waals surface area contributed by atoms with Crippen molar-refractivity contribution in [2.45, 2.75) is 44.9 Å². The van der Waals surface area contributed by atoms with Crippen molar-refractivity contribution in [3.8, 4) is 0 Å². The van der Waals surface area contributed by atoms with Crippen molar-refractivity contribution in [3.63, 3.8) is 0 Å². The Bertz CT molecular complexity index is 935. The number of benzene rings is 1. The maximum Gasteiger partial charge on any atom is 0.345 e. The Hall–Kier alpha value is -3.05. The molecular formula is C22H26F3N5O3. The lowest BCUT2D eigenvalue weighted by molar-refractivity contribution is -0.125. The summed E-state index contributed by atoms with van der Waals surface area (Å²) in [4.78, 5) is 25.5. The average molecular weight is 465 g/mol. The third-order valence-corrected chi connectivity index (χ3v) is 5.16. The smallest absolute Gasteiger partial charge is 0.345 e. The van der Waals surface area contributed by atoms with E-state index in [9.17, 15) is 23.1 Å². The van der Waals surface area contributed by atoms with Gasteiger partial charge in [0.25, 0.3) is 5.91 Å². The Morgan fingerprint density at radius 1 is 1.24 bits per heavy atom. The number of halogens is 3. The van der Waals surface area contributed by atoms with Crippen LogP contribution in [0.3, 0.4) is 0 Å². The number of aliphatic hydroxyl groups is 1. The molecule has 0 atom stereocenters. The molecule has 1 heterocycles. The highest BCUT2D eigenvalue weighted by Gasteiger charge is 2.19. The summed E-state index contributed by atoms with van der Waals surface area (Å²) >= 11 is 0. The molecule has 1 amide bonds. The summed E-state index contributed by atoms with van der Waals surface area (Å²) < 4.78 is 41.5. The molecule has 1 aliphatic carbocycles. The fourth-order valence-electron chi connectivity index (χ4n) is 3.33. The van der Waals surface area contributed by atoms with Gasteiger partial charge in [-0.3, -0.25) is 4.79 Å². The molecule has 0 unspecified atom stereocenters. The van der Waals surface area contributed by atoms with E-state index in [4.69, 9.17) is 0 Å². The molecule has 8 nitrogen and oxygen atoms in total. The third-order valence-electron chi connectivity index (χ3n) is 5.16. The molecule has 178 valence electrons. The first-order chi connectivity index (χ1) is 15.9. The van der Waals surface area contributed by atoms with Gasteiger partial charge in [0.1, 0.15) is 11.4 Å². The van der Waals surface area contributed by atoms with Crippen molar-refractivity contribution in [1.82, 2.24) is 15.3 Å². The first-order valence-electron chi connectivity index (χ1n) is 10.7. The highest BCUT2D eigenvalue weighted by atomic mass is 19.3. The standard InChI is InChI=1S/C22H26F3N5O3/c23-16-5-1-14(2-6-16)12-28-20(32)18-13-29-22(26-9-10-33-21(24)25)30-19(18)27-11-15-3-7-17(31)8-4-15/h1-2,5-6,11,13,15,17,21,31H,3-4,7-10,12H2,(H,28,32)(H,26,29,30)/b27-11-. The zero-order chi connectivity index (χ0) is 23.6. The van der Waals surface area contributed by atoms with Crippen molar-refractivity contribution in [2.24, 2.45) is 10.9 Å². The monoisotopic (exact) mass is 465 g/mol. The van der Waals surface area contributed by atoms with Gasteiger partial charge in [-0.1, -0.05) is 12.1 Å². The quantitative estimate of drug-likeness (QED) is 0.366. The second kappa shape index (κ2) is 12.3. The normalized spacial score (nSPS) is 18.6. The zero-order valence-electron chi connectivity index (χ0n) is 17.9. The second-order valence-corrected chi connectivity index (χ2v) is 7.65. The fraction of sp³-hybridized carbons (Fsp3) is 0.455. The van der Waals surface area contributed by atoms with Gasteiger partial charge in [-0.2, -0.15) is 13.8 Å². The number of alkyl halides is 2. The molecule has 0 spiro atoms. The minimum Gasteiger partial charge on any atom is -0.393 e. The van der Waals surface area contributed by atoms with Crippen LogP contribution in [0.15, 0.2) is 35.5 Å². The van der Waals surface area contributed by atoms with Gasteiger partial charge >= 0.3 is 6.61 Å². The fourth-order valence-corrected chi connectivity index (χ4v) is 3.33. The molecule has 1 aromatic heterocycles. The summed E-state index contributed by atoms with van der Waals surface area (Å²) in [6, 6.07) is 5.74. The van der Waals surface area contributed by atoms with Crippen LogP contribution in [0, 0.1) is 11.7 Å². The summed E-state index contributed by atoms with van der Waals surface area (Å²) in [6.07, 6.45) is 5.64. The largest absolute Gasteiger partial charge is 0.393 e. The predicted octanol–water partition coefficient (Wildman–Crippen LogP) is 3.45. The molecule has 11 heteroatoms. The van der Waals surface area contributed by atoms with Crippen LogP contribution in [0.4, 0.5) is 24.9 Å². The number of nitrogens with one attached hydrogen (secondary N) is 2. The lowest BCUT2D eigenvalue weighted by atomic mass is 9.88. The van der Waals surface area contributed by atoms with E-state index in [1.807, 2.05) is 0 Å². The molecule has 1 saturated carbocycles. The molecular weight excluding hydrogens is 439 g/mol. The summed E-state index contributed by atoms with van der Waals surface area (Å²) in [7, 11) is 0. The number of hydrogen-bond donors (Lipinski definition) is 3. The van der Waals surface area contributed by atoms with Crippen LogP contribution in [-0.2, 0) is 11.3 Å². The summed E-state index contributed by atoms with van der Waals surface area (Å²) in [6.45, 7) is -2.89. The molecule has 2 aromatic rings. The lowest BCUT2D eigenvalue weighted by Crippen LogP contribution is -2.24. The van der Waals surface area contributed by atoms with E-state index < -0.39 is 12.5 Å². The summed E-state index contributed by atoms with van der Waals surface area (Å²) in [5.41, 5.74) is 0.854. The molecule has 0 aliphatic heterocycles. The average Bonchev–Trinajstić information content (AvgIpc) is 2.81. The zero-order valence-corrected chi connectivity index (χ0v) is 17.9. The van der Waals surface area contributed by atoms with Gasteiger partial charge in [0, 0.05) is 25.5 Å². The van der Waals surface area contributed by atoms with Crippen LogP contribution in [0.1, 0.15) is 41.6 Å². The summed E-state index contributed by atoms with van der Waals surface area (Å²) in [5, 5.41) is 15.2. The number of aliphatic imine (C=N–C) groups is 1. The number of aliphatic hydroxyl groups excluding tert-OH is 1. The molecule has 1 fully saturated rings. The Kier molecular flexibility index (Phi) is 9.14. The van der Waals surface area contributed by atoms with E-state index >= 15 is 0 Å². The molecule has 1 aliphatic rings. The maximum absolute atomic E-state index is 13.1. The van der Waals surface area contributed by atoms with Crippen molar-refractivity contribution < 1.29 is 27.8 Å². The highest BCUT2D eigenvalue weighted by Crippen LogP contribution is 2.24. The number of carbonyl (C=O) groups excluding carboxylic acids is 1. The number of rotatable bonds is 10. The van der Waals surface area contributed by atoms with Crippen LogP contribution in [-0.4, -0.2) is 53.1 Å². The van der Waals surface area contributed by atoms with E-state index in [0.29, 0.717) is 18.4 Å². The minimum atomic E-state index is -2.87. The predicted molar refractivity (Wildman–Crippen MR) is 116 cm³/mol. The molecule has 1 aromatic carbocycles. The summed E-state index contributed by atoms with van der Waals surface area (Å²) in [5.74, 6) is -0.431. The van der Waals surface area contributed by atoms with Gasteiger partial charge in [0.15, 0.2) is 5.82 Å². The number of anilines is 1. The first kappa shape index (κ1) is 24.6. The first-order valence-corrected chi connectivity index (χ1v) is 10.7. The van der Waals surface area contributed by atoms with Crippen molar-refractivity contribution >= 4 is 23.9 Å². The molecule has 3 rings (SSSR count). The van der Waals surface area contributed by atoms with Gasteiger partial charge in [-0.05, 0) is 49.3 Å². The van der Waals surface area contributed by atoms with Gasteiger partial charge in [-0.15, -0.1) is 0 Å². The van der Waals surface area contributed by atoms with Crippen molar-refractivity contribution in [2.75, 3.05) is 18.5 Å². The lowest BCUT2D eigenvalue weighted by Gasteiger charge is -2.22. The number of aromatic nitrogens is 2. The topological polar surface area (TPSA) is 109 Å². The maximum atomic E-state index is 13.1. The number of hydrogen-bond acceptors (Lipinski definition) is 7. The third kappa shape index (κ3) is 8.10. The van der Waals surface area contributed by atoms with Crippen LogP contribution in [0.25, 0.3) is 0 Å². The number of amides is 1. The van der Waals surface area contributed by atoms with Gasteiger partial charge in [0.2, 0.25) is 5.95 Å². The van der Waals surface area contributed by atoms with E-state index in [0.717, 1.165) is 12.8 Å². The van der Waals surface area contributed by atoms with Crippen molar-refractivity contribution in [3.05, 3.63) is 47.4 Å². The van der Waals surface area contributed by atoms with Gasteiger partial charge < -0.3 is 20.5 Å². The Morgan fingerprint density at radius 3 is 2.67 bits per heavy atom. The minimum absolute atomic E-state index is 0.0458.